The van der Waals surface area contributed by atoms with E-state index in [9.17, 15) is 38.4 Å². The van der Waals surface area contributed by atoms with E-state index in [2.05, 4.69) is 46.6 Å². The minimum absolute atomic E-state index is 0.0431. The van der Waals surface area contributed by atoms with Gasteiger partial charge in [0.2, 0.25) is 11.9 Å². The van der Waals surface area contributed by atoms with Gasteiger partial charge in [-0.25, -0.2) is 38.5 Å². The van der Waals surface area contributed by atoms with E-state index in [1.807, 2.05) is 24.3 Å². The Morgan fingerprint density at radius 3 is 1.80 bits per heavy atom. The zero-order chi connectivity index (χ0) is 54.7. The number of esters is 7. The number of para-hydroxylation sites is 1. The standard InChI is InChI=1S/C53H49N3O19S/c1-5-45(57)65-26-24-49(61)73-40(31-69-46(58)6-2)29-67-38-18-14-35(15-19-38)50(62)66-25-23-34-13-22-43(37(27-34)28-54-56-52-55-42-11-9-10-12-44(42)76-52)75-51(63)36-16-20-39(21-17-36)68-30-41(32-70-47(59)7-3)74-53(64)72-33-71-48(60)8-4/h5-22,27-28,40-41H,1-4,23-26,29-33H2,(H,55,56)/b54-28+. The Labute approximate surface area is 438 Å². The van der Waals surface area contributed by atoms with Crippen LogP contribution in [0.15, 0.2) is 147 Å². The van der Waals surface area contributed by atoms with E-state index in [0.29, 0.717) is 22.0 Å². The maximum Gasteiger partial charge on any atom is 0.511 e. The first-order valence-corrected chi connectivity index (χ1v) is 23.4. The average Bonchev–Trinajstić information content (AvgIpc) is 3.85. The molecule has 0 aliphatic carbocycles. The van der Waals surface area contributed by atoms with Crippen LogP contribution in [0.2, 0.25) is 0 Å². The van der Waals surface area contributed by atoms with Gasteiger partial charge in [-0.2, -0.15) is 5.10 Å². The third-order valence-electron chi connectivity index (χ3n) is 9.59. The van der Waals surface area contributed by atoms with E-state index in [0.717, 1.165) is 34.5 Å². The molecule has 1 aromatic heterocycles. The highest BCUT2D eigenvalue weighted by molar-refractivity contribution is 7.22. The van der Waals surface area contributed by atoms with E-state index in [4.69, 9.17) is 47.4 Å². The zero-order valence-corrected chi connectivity index (χ0v) is 41.3. The molecule has 5 aromatic rings. The lowest BCUT2D eigenvalue weighted by Crippen LogP contribution is -2.31. The largest absolute Gasteiger partial charge is 0.511 e. The number of hydrazone groups is 1. The van der Waals surface area contributed by atoms with Gasteiger partial charge in [0, 0.05) is 36.3 Å². The highest BCUT2D eigenvalue weighted by Crippen LogP contribution is 2.26. The first-order valence-electron chi connectivity index (χ1n) is 22.6. The predicted octanol–water partition coefficient (Wildman–Crippen LogP) is 6.82. The number of carbonyl (C=O) groups is 8. The molecule has 396 valence electrons. The topological polar surface area (TPSA) is 275 Å². The summed E-state index contributed by atoms with van der Waals surface area (Å²) in [4.78, 5) is 101. The number of nitrogens with one attached hydrogen (secondary N) is 1. The van der Waals surface area contributed by atoms with Gasteiger partial charge in [0.05, 0.1) is 40.6 Å². The highest BCUT2D eigenvalue weighted by atomic mass is 32.1. The molecule has 0 spiro atoms. The summed E-state index contributed by atoms with van der Waals surface area (Å²) in [6.07, 6.45) is 1.64. The summed E-state index contributed by atoms with van der Waals surface area (Å²) in [5, 5.41) is 4.86. The molecule has 0 fully saturated rings. The highest BCUT2D eigenvalue weighted by Gasteiger charge is 2.21. The molecule has 0 amide bonds. The Balaban J connectivity index is 1.19. The van der Waals surface area contributed by atoms with E-state index in [-0.39, 0.29) is 68.5 Å². The fraction of sp³-hybridized carbons (Fsp3) is 0.208. The molecule has 2 atom stereocenters. The van der Waals surface area contributed by atoms with Crippen LogP contribution in [0, 0.1) is 0 Å². The molecular weight excluding hydrogens is 1010 g/mol. The van der Waals surface area contributed by atoms with Crippen molar-refractivity contribution in [1.82, 2.24) is 4.98 Å². The van der Waals surface area contributed by atoms with Gasteiger partial charge < -0.3 is 52.1 Å². The van der Waals surface area contributed by atoms with Crippen molar-refractivity contribution in [2.45, 2.75) is 25.0 Å². The quantitative estimate of drug-likeness (QED) is 0.00939. The zero-order valence-electron chi connectivity index (χ0n) is 40.5. The molecule has 0 radical (unpaired) electrons. The van der Waals surface area contributed by atoms with Crippen molar-refractivity contribution >= 4 is 80.8 Å². The molecule has 23 heteroatoms. The van der Waals surface area contributed by atoms with Crippen molar-refractivity contribution in [3.8, 4) is 17.2 Å². The summed E-state index contributed by atoms with van der Waals surface area (Å²) in [7, 11) is 0. The smallest absolute Gasteiger partial charge is 0.490 e. The van der Waals surface area contributed by atoms with Gasteiger partial charge in [0.25, 0.3) is 0 Å². The van der Waals surface area contributed by atoms with Crippen LogP contribution < -0.4 is 19.6 Å². The molecule has 0 bridgehead atoms. The summed E-state index contributed by atoms with van der Waals surface area (Å²) in [6, 6.07) is 24.2. The first kappa shape index (κ1) is 57.3. The molecule has 1 N–H and O–H groups in total. The van der Waals surface area contributed by atoms with Crippen molar-refractivity contribution in [3.63, 3.8) is 0 Å². The second kappa shape index (κ2) is 30.4. The Bertz CT molecular complexity index is 2880. The first-order chi connectivity index (χ1) is 36.7. The van der Waals surface area contributed by atoms with Gasteiger partial charge in [-0.15, -0.1) is 0 Å². The minimum Gasteiger partial charge on any atom is -0.490 e. The van der Waals surface area contributed by atoms with Crippen molar-refractivity contribution in [1.29, 1.82) is 0 Å². The molecule has 4 aromatic carbocycles. The molecule has 0 saturated heterocycles. The molecule has 76 heavy (non-hydrogen) atoms. The predicted molar refractivity (Wildman–Crippen MR) is 271 cm³/mol. The average molecular weight is 1060 g/mol. The van der Waals surface area contributed by atoms with Crippen molar-refractivity contribution < 1.29 is 90.5 Å². The molecule has 22 nitrogen and oxygen atoms in total. The van der Waals surface area contributed by atoms with Gasteiger partial charge in [0.15, 0.2) is 12.2 Å². The van der Waals surface area contributed by atoms with Crippen LogP contribution in [0.1, 0.15) is 38.3 Å². The van der Waals surface area contributed by atoms with Crippen molar-refractivity contribution in [2.75, 3.05) is 51.9 Å². The van der Waals surface area contributed by atoms with Crippen LogP contribution in [-0.2, 0) is 68.3 Å². The fourth-order valence-corrected chi connectivity index (χ4v) is 6.70. The van der Waals surface area contributed by atoms with Gasteiger partial charge in [-0.05, 0) is 78.4 Å². The summed E-state index contributed by atoms with van der Waals surface area (Å²) < 4.78 is 58.3. The summed E-state index contributed by atoms with van der Waals surface area (Å²) in [5.74, 6) is -4.54. The van der Waals surface area contributed by atoms with Gasteiger partial charge >= 0.3 is 47.9 Å². The van der Waals surface area contributed by atoms with Crippen LogP contribution in [0.25, 0.3) is 10.2 Å². The molecule has 0 aliphatic rings. The monoisotopic (exact) mass is 1060 g/mol. The number of thiazole rings is 1. The van der Waals surface area contributed by atoms with Crippen LogP contribution >= 0.6 is 11.3 Å². The van der Waals surface area contributed by atoms with Gasteiger partial charge in [0.1, 0.15) is 50.3 Å². The number of nitrogens with zero attached hydrogens (tertiary/aromatic N) is 2. The second-order valence-corrected chi connectivity index (χ2v) is 16.0. The normalized spacial score (nSPS) is 11.3. The number of hydrogen-bond acceptors (Lipinski definition) is 23. The summed E-state index contributed by atoms with van der Waals surface area (Å²) in [5.41, 5.74) is 5.09. The lowest BCUT2D eigenvalue weighted by molar-refractivity contribution is -0.160. The number of anilines is 1. The lowest BCUT2D eigenvalue weighted by Gasteiger charge is -2.18. The summed E-state index contributed by atoms with van der Waals surface area (Å²) >= 11 is 1.39. The minimum atomic E-state index is -1.25. The molecule has 0 aliphatic heterocycles. The maximum absolute atomic E-state index is 13.5. The Morgan fingerprint density at radius 2 is 1.18 bits per heavy atom. The number of benzene rings is 4. The number of aromatic nitrogens is 1. The molecule has 0 saturated carbocycles. The number of rotatable bonds is 30. The number of fused-ring (bicyclic) bond motifs is 1. The van der Waals surface area contributed by atoms with Crippen molar-refractivity contribution in [3.05, 3.63) is 164 Å². The molecular formula is C53H49N3O19S. The van der Waals surface area contributed by atoms with Crippen LogP contribution in [-0.4, -0.2) is 118 Å². The Morgan fingerprint density at radius 1 is 0.605 bits per heavy atom. The summed E-state index contributed by atoms with van der Waals surface area (Å²) in [6.45, 7) is 10.7. The Kier molecular flexibility index (Phi) is 22.9. The molecule has 2 unspecified atom stereocenters. The van der Waals surface area contributed by atoms with Gasteiger partial charge in [-0.3, -0.25) is 10.2 Å². The van der Waals surface area contributed by atoms with E-state index >= 15 is 0 Å². The third kappa shape index (κ3) is 19.8. The van der Waals surface area contributed by atoms with E-state index in [1.165, 1.54) is 66.1 Å². The second-order valence-electron chi connectivity index (χ2n) is 15.0. The SMILES string of the molecule is C=CC(=O)OCCC(=O)OC(COC(=O)C=C)COc1ccc(C(=O)OCCc2ccc(OC(=O)c3ccc(OCC(COC(=O)C=C)OC(=O)OCOC(=O)C=C)cc3)c(/C=N/Nc3nc4ccccc4s3)c2)cc1. The fourth-order valence-electron chi connectivity index (χ4n) is 5.88. The van der Waals surface area contributed by atoms with Gasteiger partial charge in [-0.1, -0.05) is 55.9 Å². The molecule has 1 heterocycles. The number of carbonyl (C=O) groups excluding carboxylic acids is 8. The van der Waals surface area contributed by atoms with E-state index < -0.39 is 73.5 Å². The van der Waals surface area contributed by atoms with E-state index in [1.54, 1.807) is 18.2 Å². The number of hydrogen-bond donors (Lipinski definition) is 1. The maximum atomic E-state index is 13.5. The number of ether oxygens (including phenoxy) is 11. The molecule has 5 rings (SSSR count). The van der Waals surface area contributed by atoms with Crippen LogP contribution in [0.4, 0.5) is 9.93 Å². The Hall–Kier alpha value is -9.64. The lowest BCUT2D eigenvalue weighted by atomic mass is 10.1. The van der Waals surface area contributed by atoms with Crippen molar-refractivity contribution in [2.24, 2.45) is 5.10 Å². The van der Waals surface area contributed by atoms with Crippen LogP contribution in [0.3, 0.4) is 0 Å². The van der Waals surface area contributed by atoms with Crippen LogP contribution in [0.5, 0.6) is 17.2 Å². The third-order valence-corrected chi connectivity index (χ3v) is 10.5.